The van der Waals surface area contributed by atoms with E-state index in [0.717, 1.165) is 0 Å². The highest BCUT2D eigenvalue weighted by atomic mass is 16.6. The minimum atomic E-state index is -0.331. The molecule has 1 aromatic rings. The van der Waals surface area contributed by atoms with Crippen LogP contribution in [0.2, 0.25) is 0 Å². The molecule has 1 atom stereocenters. The molecule has 0 spiro atoms. The van der Waals surface area contributed by atoms with E-state index in [4.69, 9.17) is 9.47 Å². The molecule has 0 radical (unpaired) electrons. The zero-order chi connectivity index (χ0) is 13.0. The van der Waals surface area contributed by atoms with E-state index in [9.17, 15) is 9.90 Å². The number of hydrogen-bond donors (Lipinski definition) is 1. The number of pyridine rings is 1. The lowest BCUT2D eigenvalue weighted by molar-refractivity contribution is -0.0933. The molecular weight excluding hydrogens is 236 g/mol. The molecule has 1 saturated heterocycles. The van der Waals surface area contributed by atoms with Gasteiger partial charge < -0.3 is 19.5 Å². The van der Waals surface area contributed by atoms with Gasteiger partial charge >= 0.3 is 0 Å². The fourth-order valence-corrected chi connectivity index (χ4v) is 1.77. The molecule has 0 aliphatic carbocycles. The first kappa shape index (κ1) is 12.8. The Labute approximate surface area is 105 Å². The van der Waals surface area contributed by atoms with Crippen LogP contribution in [0.1, 0.15) is 10.5 Å². The number of rotatable bonds is 3. The molecule has 1 aliphatic rings. The molecule has 0 saturated carbocycles. The summed E-state index contributed by atoms with van der Waals surface area (Å²) < 4.78 is 10.7. The van der Waals surface area contributed by atoms with Gasteiger partial charge in [0.25, 0.3) is 5.91 Å². The number of hydrogen-bond acceptors (Lipinski definition) is 5. The molecule has 1 amide bonds. The molecule has 98 valence electrons. The molecule has 6 heteroatoms. The number of amides is 1. The van der Waals surface area contributed by atoms with Gasteiger partial charge in [0, 0.05) is 19.8 Å². The minimum absolute atomic E-state index is 0.0525. The van der Waals surface area contributed by atoms with E-state index in [1.807, 2.05) is 0 Å². The van der Waals surface area contributed by atoms with Crippen LogP contribution in [-0.4, -0.2) is 60.4 Å². The van der Waals surface area contributed by atoms with Crippen molar-refractivity contribution in [2.24, 2.45) is 0 Å². The van der Waals surface area contributed by atoms with Gasteiger partial charge in [-0.15, -0.1) is 0 Å². The third-order valence-electron chi connectivity index (χ3n) is 2.70. The van der Waals surface area contributed by atoms with Crippen molar-refractivity contribution in [3.05, 3.63) is 24.0 Å². The van der Waals surface area contributed by atoms with Gasteiger partial charge in [0.1, 0.15) is 5.75 Å². The van der Waals surface area contributed by atoms with Crippen molar-refractivity contribution >= 4 is 5.91 Å². The maximum absolute atomic E-state index is 12.0. The average molecular weight is 252 g/mol. The zero-order valence-corrected chi connectivity index (χ0v) is 10.2. The summed E-state index contributed by atoms with van der Waals surface area (Å²) in [6.07, 6.45) is 1.35. The van der Waals surface area contributed by atoms with Crippen molar-refractivity contribution in [2.45, 2.75) is 6.10 Å². The van der Waals surface area contributed by atoms with E-state index in [2.05, 4.69) is 4.98 Å². The van der Waals surface area contributed by atoms with E-state index in [0.29, 0.717) is 26.4 Å². The molecule has 2 heterocycles. The summed E-state index contributed by atoms with van der Waals surface area (Å²) in [5.74, 6) is -0.447. The summed E-state index contributed by atoms with van der Waals surface area (Å²) >= 11 is 0. The predicted octanol–water partition coefficient (Wildman–Crippen LogP) is 0.275. The highest BCUT2D eigenvalue weighted by Crippen LogP contribution is 2.15. The van der Waals surface area contributed by atoms with Gasteiger partial charge in [0.2, 0.25) is 0 Å². The topological polar surface area (TPSA) is 71.9 Å². The lowest BCUT2D eigenvalue weighted by Gasteiger charge is -2.27. The van der Waals surface area contributed by atoms with Gasteiger partial charge in [0.15, 0.2) is 5.69 Å². The number of aromatic nitrogens is 1. The van der Waals surface area contributed by atoms with Gasteiger partial charge in [-0.1, -0.05) is 0 Å². The first-order chi connectivity index (χ1) is 8.68. The quantitative estimate of drug-likeness (QED) is 0.836. The first-order valence-corrected chi connectivity index (χ1v) is 5.77. The summed E-state index contributed by atoms with van der Waals surface area (Å²) in [5, 5.41) is 9.57. The van der Waals surface area contributed by atoms with E-state index in [1.165, 1.54) is 17.2 Å². The van der Waals surface area contributed by atoms with E-state index >= 15 is 0 Å². The maximum atomic E-state index is 12.0. The van der Waals surface area contributed by atoms with Gasteiger partial charge in [-0.2, -0.15) is 0 Å². The smallest absolute Gasteiger partial charge is 0.276 e. The fourth-order valence-electron chi connectivity index (χ4n) is 1.77. The second-order valence-corrected chi connectivity index (χ2v) is 4.12. The number of likely N-dealkylation sites (N-methyl/N-ethyl adjacent to an activating group) is 1. The van der Waals surface area contributed by atoms with Gasteiger partial charge in [-0.3, -0.25) is 4.79 Å². The van der Waals surface area contributed by atoms with Crippen LogP contribution in [0.15, 0.2) is 18.3 Å². The Morgan fingerprint density at radius 1 is 1.61 bits per heavy atom. The molecule has 18 heavy (non-hydrogen) atoms. The van der Waals surface area contributed by atoms with Crippen LogP contribution in [0.25, 0.3) is 0 Å². The number of carbonyl (C=O) groups excluding carboxylic acids is 1. The second-order valence-electron chi connectivity index (χ2n) is 4.12. The van der Waals surface area contributed by atoms with Crippen molar-refractivity contribution in [2.75, 3.05) is 33.4 Å². The van der Waals surface area contributed by atoms with Crippen LogP contribution < -0.4 is 0 Å². The average Bonchev–Trinajstić information content (AvgIpc) is 2.39. The van der Waals surface area contributed by atoms with Crippen molar-refractivity contribution in [3.8, 4) is 5.75 Å². The largest absolute Gasteiger partial charge is 0.505 e. The molecule has 1 aliphatic heterocycles. The molecule has 1 aromatic heterocycles. The van der Waals surface area contributed by atoms with Crippen molar-refractivity contribution < 1.29 is 19.4 Å². The summed E-state index contributed by atoms with van der Waals surface area (Å²) in [6, 6.07) is 3.01. The van der Waals surface area contributed by atoms with Crippen LogP contribution in [0.4, 0.5) is 0 Å². The molecule has 1 N–H and O–H groups in total. The van der Waals surface area contributed by atoms with Gasteiger partial charge in [0.05, 0.1) is 25.9 Å². The van der Waals surface area contributed by atoms with Crippen LogP contribution >= 0.6 is 0 Å². The van der Waals surface area contributed by atoms with Crippen molar-refractivity contribution in [1.82, 2.24) is 9.88 Å². The molecule has 6 nitrogen and oxygen atoms in total. The maximum Gasteiger partial charge on any atom is 0.276 e. The molecular formula is C12H16N2O4. The zero-order valence-electron chi connectivity index (χ0n) is 10.2. The normalized spacial score (nSPS) is 19.5. The Bertz CT molecular complexity index is 418. The standard InChI is InChI=1S/C12H16N2O4/c1-14(7-9-8-17-5-6-18-9)12(16)11-10(15)3-2-4-13-11/h2-4,9,15H,5-8H2,1H3/t9-/m1/s1. The Balaban J connectivity index is 1.98. The molecule has 2 rings (SSSR count). The van der Waals surface area contributed by atoms with Crippen molar-refractivity contribution in [3.63, 3.8) is 0 Å². The minimum Gasteiger partial charge on any atom is -0.505 e. The molecule has 0 aromatic carbocycles. The van der Waals surface area contributed by atoms with Gasteiger partial charge in [-0.05, 0) is 12.1 Å². The molecule has 0 bridgehead atoms. The van der Waals surface area contributed by atoms with Gasteiger partial charge in [-0.25, -0.2) is 4.98 Å². The Morgan fingerprint density at radius 3 is 3.11 bits per heavy atom. The Kier molecular flexibility index (Phi) is 4.11. The lowest BCUT2D eigenvalue weighted by Crippen LogP contribution is -2.41. The number of ether oxygens (including phenoxy) is 2. The predicted molar refractivity (Wildman–Crippen MR) is 63.4 cm³/mol. The summed E-state index contributed by atoms with van der Waals surface area (Å²) in [6.45, 7) is 2.03. The molecule has 1 fully saturated rings. The summed E-state index contributed by atoms with van der Waals surface area (Å²) in [4.78, 5) is 17.4. The third-order valence-corrected chi connectivity index (χ3v) is 2.70. The number of aromatic hydroxyl groups is 1. The number of nitrogens with zero attached hydrogens (tertiary/aromatic N) is 2. The van der Waals surface area contributed by atoms with Crippen LogP contribution in [0.5, 0.6) is 5.75 Å². The van der Waals surface area contributed by atoms with Crippen LogP contribution in [-0.2, 0) is 9.47 Å². The second kappa shape index (κ2) is 5.79. The van der Waals surface area contributed by atoms with Crippen LogP contribution in [0, 0.1) is 0 Å². The van der Waals surface area contributed by atoms with Crippen molar-refractivity contribution in [1.29, 1.82) is 0 Å². The Hall–Kier alpha value is -1.66. The monoisotopic (exact) mass is 252 g/mol. The van der Waals surface area contributed by atoms with E-state index < -0.39 is 0 Å². The highest BCUT2D eigenvalue weighted by Gasteiger charge is 2.22. The van der Waals surface area contributed by atoms with Crippen LogP contribution in [0.3, 0.4) is 0 Å². The number of carbonyl (C=O) groups is 1. The fraction of sp³-hybridized carbons (Fsp3) is 0.500. The Morgan fingerprint density at radius 2 is 2.44 bits per heavy atom. The molecule has 0 unspecified atom stereocenters. The third kappa shape index (κ3) is 2.96. The van der Waals surface area contributed by atoms with E-state index in [1.54, 1.807) is 13.1 Å². The van der Waals surface area contributed by atoms with E-state index in [-0.39, 0.29) is 23.5 Å². The summed E-state index contributed by atoms with van der Waals surface area (Å²) in [7, 11) is 1.65. The lowest BCUT2D eigenvalue weighted by atomic mass is 10.2. The SMILES string of the molecule is CN(C[C@@H]1COCCO1)C(=O)c1ncccc1O. The first-order valence-electron chi connectivity index (χ1n) is 5.77. The summed E-state index contributed by atoms with van der Waals surface area (Å²) in [5.41, 5.74) is 0.0525. The highest BCUT2D eigenvalue weighted by molar-refractivity contribution is 5.94.